The van der Waals surface area contributed by atoms with Gasteiger partial charge in [0.1, 0.15) is 5.78 Å². The summed E-state index contributed by atoms with van der Waals surface area (Å²) in [5, 5.41) is 0.271. The first-order valence-corrected chi connectivity index (χ1v) is 6.28. The highest BCUT2D eigenvalue weighted by molar-refractivity contribution is 9.09. The molecule has 64 valence electrons. The van der Waals surface area contributed by atoms with Gasteiger partial charge in [-0.3, -0.25) is 4.79 Å². The molecule has 11 heavy (non-hydrogen) atoms. The second kappa shape index (κ2) is 3.23. The van der Waals surface area contributed by atoms with Crippen LogP contribution in [0.4, 0.5) is 0 Å². The number of halogens is 1. The Kier molecular flexibility index (Phi) is 2.70. The summed E-state index contributed by atoms with van der Waals surface area (Å²) < 4.78 is 21.8. The monoisotopic (exact) mass is 240 g/mol. The third-order valence-corrected chi connectivity index (χ3v) is 4.14. The number of carbonyl (C=O) groups is 1. The number of alkyl halides is 1. The average molecular weight is 241 g/mol. The van der Waals surface area contributed by atoms with Gasteiger partial charge in [0.15, 0.2) is 9.84 Å². The lowest BCUT2D eigenvalue weighted by Crippen LogP contribution is -2.16. The molecule has 0 bridgehead atoms. The van der Waals surface area contributed by atoms with E-state index in [0.717, 1.165) is 0 Å². The molecular formula is C6H9BrO3S. The van der Waals surface area contributed by atoms with Crippen LogP contribution < -0.4 is 0 Å². The topological polar surface area (TPSA) is 51.2 Å². The van der Waals surface area contributed by atoms with Crippen molar-refractivity contribution in [2.75, 3.05) is 16.8 Å². The fourth-order valence-electron chi connectivity index (χ4n) is 1.16. The predicted molar refractivity (Wildman–Crippen MR) is 45.6 cm³/mol. The van der Waals surface area contributed by atoms with Crippen LogP contribution in [0.15, 0.2) is 0 Å². The first kappa shape index (κ1) is 9.19. The van der Waals surface area contributed by atoms with E-state index in [4.69, 9.17) is 0 Å². The number of rotatable bonds is 2. The highest BCUT2D eigenvalue weighted by atomic mass is 79.9. The zero-order valence-electron chi connectivity index (χ0n) is 5.92. The Morgan fingerprint density at radius 1 is 1.55 bits per heavy atom. The molecule has 1 atom stereocenters. The summed E-state index contributed by atoms with van der Waals surface area (Å²) in [7, 11) is -2.89. The van der Waals surface area contributed by atoms with Crippen LogP contribution in [-0.4, -0.2) is 31.0 Å². The van der Waals surface area contributed by atoms with Crippen molar-refractivity contribution in [3.8, 4) is 0 Å². The van der Waals surface area contributed by atoms with Gasteiger partial charge in [0.25, 0.3) is 0 Å². The second-order valence-electron chi connectivity index (χ2n) is 2.70. The number of hydrogen-bond acceptors (Lipinski definition) is 3. The molecule has 0 aromatic rings. The van der Waals surface area contributed by atoms with Crippen LogP contribution in [-0.2, 0) is 14.6 Å². The SMILES string of the molecule is O=C(CBr)[C@H]1CCS(=O)(=O)C1. The molecule has 1 heterocycles. The fraction of sp³-hybridized carbons (Fsp3) is 0.833. The molecule has 5 heteroatoms. The molecule has 0 amide bonds. The molecule has 0 aliphatic carbocycles. The first-order chi connectivity index (χ1) is 5.05. The number of hydrogen-bond donors (Lipinski definition) is 0. The van der Waals surface area contributed by atoms with Crippen molar-refractivity contribution in [2.24, 2.45) is 5.92 Å². The van der Waals surface area contributed by atoms with E-state index in [1.54, 1.807) is 0 Å². The molecule has 1 aliphatic rings. The zero-order valence-corrected chi connectivity index (χ0v) is 8.32. The van der Waals surface area contributed by atoms with Crippen molar-refractivity contribution < 1.29 is 13.2 Å². The van der Waals surface area contributed by atoms with Crippen molar-refractivity contribution in [3.05, 3.63) is 0 Å². The standard InChI is InChI=1S/C6H9BrO3S/c7-3-6(8)5-1-2-11(9,10)4-5/h5H,1-4H2/t5-/m0/s1. The van der Waals surface area contributed by atoms with Gasteiger partial charge in [0.2, 0.25) is 0 Å². The van der Waals surface area contributed by atoms with E-state index in [9.17, 15) is 13.2 Å². The Morgan fingerprint density at radius 3 is 2.55 bits per heavy atom. The third-order valence-electron chi connectivity index (χ3n) is 1.82. The molecule has 3 nitrogen and oxygen atoms in total. The van der Waals surface area contributed by atoms with Crippen molar-refractivity contribution in [3.63, 3.8) is 0 Å². The van der Waals surface area contributed by atoms with Crippen molar-refractivity contribution in [2.45, 2.75) is 6.42 Å². The van der Waals surface area contributed by atoms with Gasteiger partial charge in [-0.05, 0) is 6.42 Å². The van der Waals surface area contributed by atoms with Crippen LogP contribution in [0.2, 0.25) is 0 Å². The Hall–Kier alpha value is 0.1000. The quantitative estimate of drug-likeness (QED) is 0.657. The maximum atomic E-state index is 11.0. The summed E-state index contributed by atoms with van der Waals surface area (Å²) in [4.78, 5) is 11.0. The molecule has 0 radical (unpaired) electrons. The highest BCUT2D eigenvalue weighted by Crippen LogP contribution is 2.19. The summed E-state index contributed by atoms with van der Waals surface area (Å²) in [6.45, 7) is 0. The number of ketones is 1. The molecule has 0 spiro atoms. The number of carbonyl (C=O) groups excluding carboxylic acids is 1. The molecular weight excluding hydrogens is 232 g/mol. The van der Waals surface area contributed by atoms with Crippen LogP contribution in [0, 0.1) is 5.92 Å². The van der Waals surface area contributed by atoms with Crippen LogP contribution in [0.5, 0.6) is 0 Å². The Morgan fingerprint density at radius 2 is 2.18 bits per heavy atom. The van der Waals surface area contributed by atoms with E-state index >= 15 is 0 Å². The third kappa shape index (κ3) is 2.27. The summed E-state index contributed by atoms with van der Waals surface area (Å²) >= 11 is 3.02. The summed E-state index contributed by atoms with van der Waals surface area (Å²) in [6, 6.07) is 0. The summed E-state index contributed by atoms with van der Waals surface area (Å²) in [5.41, 5.74) is 0. The minimum Gasteiger partial charge on any atom is -0.298 e. The van der Waals surface area contributed by atoms with Gasteiger partial charge in [0.05, 0.1) is 16.8 Å². The van der Waals surface area contributed by atoms with E-state index < -0.39 is 9.84 Å². The minimum absolute atomic E-state index is 0.00563. The van der Waals surface area contributed by atoms with Crippen LogP contribution in [0.1, 0.15) is 6.42 Å². The van der Waals surface area contributed by atoms with Crippen LogP contribution in [0.25, 0.3) is 0 Å². The lowest BCUT2D eigenvalue weighted by Gasteiger charge is -2.00. The fourth-order valence-corrected chi connectivity index (χ4v) is 3.39. The number of Topliss-reactive ketones (excluding diaryl/α,β-unsaturated/α-hetero) is 1. The molecule has 0 unspecified atom stereocenters. The smallest absolute Gasteiger partial charge is 0.151 e. The van der Waals surface area contributed by atoms with Gasteiger partial charge in [-0.2, -0.15) is 0 Å². The maximum Gasteiger partial charge on any atom is 0.151 e. The van der Waals surface area contributed by atoms with Gasteiger partial charge >= 0.3 is 0 Å². The summed E-state index contributed by atoms with van der Waals surface area (Å²) in [6.07, 6.45) is 0.507. The summed E-state index contributed by atoms with van der Waals surface area (Å²) in [5.74, 6) is -0.0150. The van der Waals surface area contributed by atoms with E-state index in [-0.39, 0.29) is 28.5 Å². The maximum absolute atomic E-state index is 11.0. The lowest BCUT2D eigenvalue weighted by molar-refractivity contribution is -0.119. The Bertz CT molecular complexity index is 257. The normalized spacial score (nSPS) is 28.6. The van der Waals surface area contributed by atoms with E-state index in [0.29, 0.717) is 6.42 Å². The van der Waals surface area contributed by atoms with Gasteiger partial charge in [-0.25, -0.2) is 8.42 Å². The number of sulfone groups is 1. The first-order valence-electron chi connectivity index (χ1n) is 3.34. The predicted octanol–water partition coefficient (Wildman–Crippen LogP) is 0.385. The largest absolute Gasteiger partial charge is 0.298 e. The van der Waals surface area contributed by atoms with Gasteiger partial charge in [-0.1, -0.05) is 15.9 Å². The molecule has 0 N–H and O–H groups in total. The second-order valence-corrected chi connectivity index (χ2v) is 5.49. The molecule has 1 fully saturated rings. The van der Waals surface area contributed by atoms with E-state index in [1.807, 2.05) is 0 Å². The van der Waals surface area contributed by atoms with E-state index in [1.165, 1.54) is 0 Å². The van der Waals surface area contributed by atoms with Gasteiger partial charge < -0.3 is 0 Å². The molecule has 1 saturated heterocycles. The Labute approximate surface area is 74.2 Å². The van der Waals surface area contributed by atoms with Crippen LogP contribution >= 0.6 is 15.9 Å². The molecule has 0 aromatic carbocycles. The van der Waals surface area contributed by atoms with Gasteiger partial charge in [-0.15, -0.1) is 0 Å². The van der Waals surface area contributed by atoms with Crippen molar-refractivity contribution in [1.82, 2.24) is 0 Å². The van der Waals surface area contributed by atoms with E-state index in [2.05, 4.69) is 15.9 Å². The lowest BCUT2D eigenvalue weighted by atomic mass is 10.1. The minimum atomic E-state index is -2.89. The van der Waals surface area contributed by atoms with Crippen molar-refractivity contribution >= 4 is 31.6 Å². The van der Waals surface area contributed by atoms with Crippen molar-refractivity contribution in [1.29, 1.82) is 0 Å². The average Bonchev–Trinajstić information content (AvgIpc) is 2.29. The molecule has 0 saturated carbocycles. The molecule has 0 aromatic heterocycles. The zero-order chi connectivity index (χ0) is 8.48. The van der Waals surface area contributed by atoms with Crippen LogP contribution in [0.3, 0.4) is 0 Å². The molecule has 1 aliphatic heterocycles. The molecule has 1 rings (SSSR count). The Balaban J connectivity index is 2.62. The van der Waals surface area contributed by atoms with Gasteiger partial charge in [0, 0.05) is 5.92 Å². The highest BCUT2D eigenvalue weighted by Gasteiger charge is 2.31.